The number of benzene rings is 1. The second kappa shape index (κ2) is 8.62. The molecule has 1 aliphatic carbocycles. The monoisotopic (exact) mass is 361 g/mol. The first-order valence-electron chi connectivity index (χ1n) is 9.60. The fraction of sp³-hybridized carbons (Fsp3) is 0.600. The number of carbonyl (C=O) groups is 2. The molecule has 1 aliphatic heterocycles. The molecular weight excluding hydrogens is 333 g/mol. The number of urea groups is 1. The predicted octanol–water partition coefficient (Wildman–Crippen LogP) is 2.98. The Hall–Kier alpha value is -1.95. The molecule has 0 bridgehead atoms. The van der Waals surface area contributed by atoms with Crippen molar-refractivity contribution in [3.63, 3.8) is 0 Å². The van der Waals surface area contributed by atoms with Crippen LogP contribution >= 0.6 is 0 Å². The van der Waals surface area contributed by atoms with Crippen LogP contribution in [0.15, 0.2) is 18.2 Å². The number of halogens is 1. The van der Waals surface area contributed by atoms with Gasteiger partial charge in [-0.15, -0.1) is 0 Å². The number of amides is 2. The SMILES string of the molecule is Cc1cc(C(=O)CN2CCN(C(=O)NC3CCCCC3)CC2)ccc1F. The number of Topliss-reactive ketones (excluding diaryl/α,β-unsaturated/α-hetero) is 1. The third kappa shape index (κ3) is 4.81. The summed E-state index contributed by atoms with van der Waals surface area (Å²) in [5, 5.41) is 3.15. The Morgan fingerprint density at radius 2 is 1.81 bits per heavy atom. The number of nitrogens with one attached hydrogen (secondary N) is 1. The predicted molar refractivity (Wildman–Crippen MR) is 98.9 cm³/mol. The molecule has 0 radical (unpaired) electrons. The Morgan fingerprint density at radius 3 is 2.46 bits per heavy atom. The van der Waals surface area contributed by atoms with E-state index >= 15 is 0 Å². The average Bonchev–Trinajstić information content (AvgIpc) is 2.65. The maximum absolute atomic E-state index is 13.3. The number of piperazine rings is 1. The van der Waals surface area contributed by atoms with Crippen molar-refractivity contribution in [2.75, 3.05) is 32.7 Å². The number of aryl methyl sites for hydroxylation is 1. The third-order valence-electron chi connectivity index (χ3n) is 5.44. The summed E-state index contributed by atoms with van der Waals surface area (Å²) in [5.41, 5.74) is 1.03. The van der Waals surface area contributed by atoms with E-state index in [1.807, 2.05) is 4.90 Å². The first-order valence-corrected chi connectivity index (χ1v) is 9.60. The number of hydrogen-bond acceptors (Lipinski definition) is 3. The summed E-state index contributed by atoms with van der Waals surface area (Å²) in [6.07, 6.45) is 5.83. The second-order valence-electron chi connectivity index (χ2n) is 7.43. The molecule has 26 heavy (non-hydrogen) atoms. The van der Waals surface area contributed by atoms with Crippen molar-refractivity contribution in [1.29, 1.82) is 0 Å². The quantitative estimate of drug-likeness (QED) is 0.839. The van der Waals surface area contributed by atoms with Gasteiger partial charge in [0.1, 0.15) is 5.82 Å². The van der Waals surface area contributed by atoms with Crippen LogP contribution in [0.5, 0.6) is 0 Å². The lowest BCUT2D eigenvalue weighted by Crippen LogP contribution is -2.54. The van der Waals surface area contributed by atoms with Gasteiger partial charge < -0.3 is 10.2 Å². The summed E-state index contributed by atoms with van der Waals surface area (Å²) in [6, 6.07) is 4.83. The molecule has 0 aromatic heterocycles. The summed E-state index contributed by atoms with van der Waals surface area (Å²) < 4.78 is 13.3. The summed E-state index contributed by atoms with van der Waals surface area (Å²) in [4.78, 5) is 28.7. The standard InChI is InChI=1S/C20H28FN3O2/c1-15-13-16(7-8-18(15)21)19(25)14-23-9-11-24(12-10-23)20(26)22-17-5-3-2-4-6-17/h7-8,13,17H,2-6,9-12,14H2,1H3,(H,22,26). The Kier molecular flexibility index (Phi) is 6.25. The molecule has 3 rings (SSSR count). The van der Waals surface area contributed by atoms with Gasteiger partial charge >= 0.3 is 6.03 Å². The van der Waals surface area contributed by atoms with Crippen molar-refractivity contribution in [2.45, 2.75) is 45.1 Å². The molecule has 2 fully saturated rings. The van der Waals surface area contributed by atoms with Gasteiger partial charge in [0.15, 0.2) is 5.78 Å². The summed E-state index contributed by atoms with van der Waals surface area (Å²) in [7, 11) is 0. The zero-order valence-electron chi connectivity index (χ0n) is 15.5. The van der Waals surface area contributed by atoms with E-state index in [0.29, 0.717) is 49.9 Å². The van der Waals surface area contributed by atoms with Gasteiger partial charge in [-0.25, -0.2) is 9.18 Å². The van der Waals surface area contributed by atoms with Gasteiger partial charge in [0.05, 0.1) is 6.54 Å². The lowest BCUT2D eigenvalue weighted by atomic mass is 9.96. The van der Waals surface area contributed by atoms with Crippen LogP contribution in [-0.4, -0.2) is 60.4 Å². The van der Waals surface area contributed by atoms with Crippen LogP contribution in [0.25, 0.3) is 0 Å². The molecule has 1 saturated carbocycles. The maximum atomic E-state index is 13.3. The minimum Gasteiger partial charge on any atom is -0.335 e. The lowest BCUT2D eigenvalue weighted by Gasteiger charge is -2.35. The smallest absolute Gasteiger partial charge is 0.317 e. The first-order chi connectivity index (χ1) is 12.5. The van der Waals surface area contributed by atoms with Gasteiger partial charge in [0.2, 0.25) is 0 Å². The number of hydrogen-bond donors (Lipinski definition) is 1. The third-order valence-corrected chi connectivity index (χ3v) is 5.44. The largest absolute Gasteiger partial charge is 0.335 e. The highest BCUT2D eigenvalue weighted by atomic mass is 19.1. The molecule has 1 heterocycles. The van der Waals surface area contributed by atoms with Crippen LogP contribution in [0.1, 0.15) is 48.0 Å². The second-order valence-corrected chi connectivity index (χ2v) is 7.43. The molecule has 5 nitrogen and oxygen atoms in total. The van der Waals surface area contributed by atoms with Gasteiger partial charge in [-0.1, -0.05) is 19.3 Å². The topological polar surface area (TPSA) is 52.7 Å². The molecule has 1 N–H and O–H groups in total. The van der Waals surface area contributed by atoms with Gasteiger partial charge in [-0.05, 0) is 43.5 Å². The number of nitrogens with zero attached hydrogens (tertiary/aromatic N) is 2. The summed E-state index contributed by atoms with van der Waals surface area (Å²) >= 11 is 0. The van der Waals surface area contributed by atoms with Crippen molar-refractivity contribution in [1.82, 2.24) is 15.1 Å². The molecule has 1 saturated heterocycles. The Morgan fingerprint density at radius 1 is 1.12 bits per heavy atom. The highest BCUT2D eigenvalue weighted by Gasteiger charge is 2.25. The van der Waals surface area contributed by atoms with E-state index in [9.17, 15) is 14.0 Å². The minimum absolute atomic E-state index is 0.00629. The van der Waals surface area contributed by atoms with Crippen molar-refractivity contribution >= 4 is 11.8 Å². The Labute approximate surface area is 154 Å². The molecule has 6 heteroatoms. The molecular formula is C20H28FN3O2. The van der Waals surface area contributed by atoms with E-state index < -0.39 is 0 Å². The Bertz CT molecular complexity index is 650. The average molecular weight is 361 g/mol. The molecule has 0 spiro atoms. The fourth-order valence-corrected chi connectivity index (χ4v) is 3.73. The molecule has 0 atom stereocenters. The van der Waals surface area contributed by atoms with E-state index in [4.69, 9.17) is 0 Å². The molecule has 142 valence electrons. The molecule has 2 aliphatic rings. The van der Waals surface area contributed by atoms with E-state index in [1.165, 1.54) is 25.3 Å². The lowest BCUT2D eigenvalue weighted by molar-refractivity contribution is 0.0876. The summed E-state index contributed by atoms with van der Waals surface area (Å²) in [6.45, 7) is 4.61. The molecule has 2 amide bonds. The molecule has 1 aromatic rings. The van der Waals surface area contributed by atoms with Crippen molar-refractivity contribution in [3.05, 3.63) is 35.1 Å². The van der Waals surface area contributed by atoms with Crippen LogP contribution < -0.4 is 5.32 Å². The van der Waals surface area contributed by atoms with E-state index in [0.717, 1.165) is 12.8 Å². The minimum atomic E-state index is -0.292. The van der Waals surface area contributed by atoms with Gasteiger partial charge in [0, 0.05) is 37.8 Å². The number of ketones is 1. The van der Waals surface area contributed by atoms with Crippen LogP contribution in [0, 0.1) is 12.7 Å². The summed E-state index contributed by atoms with van der Waals surface area (Å²) in [5.74, 6) is -0.299. The van der Waals surface area contributed by atoms with E-state index in [1.54, 1.807) is 19.1 Å². The number of rotatable bonds is 4. The van der Waals surface area contributed by atoms with E-state index in [-0.39, 0.29) is 17.6 Å². The maximum Gasteiger partial charge on any atom is 0.317 e. The van der Waals surface area contributed by atoms with Crippen molar-refractivity contribution < 1.29 is 14.0 Å². The van der Waals surface area contributed by atoms with Crippen molar-refractivity contribution in [2.24, 2.45) is 0 Å². The van der Waals surface area contributed by atoms with Crippen LogP contribution in [0.4, 0.5) is 9.18 Å². The zero-order valence-corrected chi connectivity index (χ0v) is 15.5. The van der Waals surface area contributed by atoms with E-state index in [2.05, 4.69) is 10.2 Å². The first kappa shape index (κ1) is 18.8. The zero-order chi connectivity index (χ0) is 18.5. The van der Waals surface area contributed by atoms with Gasteiger partial charge in [-0.3, -0.25) is 9.69 Å². The Balaban J connectivity index is 1.45. The van der Waals surface area contributed by atoms with Crippen LogP contribution in [0.2, 0.25) is 0 Å². The molecule has 1 aromatic carbocycles. The highest BCUT2D eigenvalue weighted by molar-refractivity contribution is 5.97. The molecule has 0 unspecified atom stereocenters. The van der Waals surface area contributed by atoms with Gasteiger partial charge in [0.25, 0.3) is 0 Å². The fourth-order valence-electron chi connectivity index (χ4n) is 3.73. The normalized spacial score (nSPS) is 19.4. The highest BCUT2D eigenvalue weighted by Crippen LogP contribution is 2.18. The van der Waals surface area contributed by atoms with Gasteiger partial charge in [-0.2, -0.15) is 0 Å². The van der Waals surface area contributed by atoms with Crippen molar-refractivity contribution in [3.8, 4) is 0 Å². The van der Waals surface area contributed by atoms with Crippen LogP contribution in [0.3, 0.4) is 0 Å². The van der Waals surface area contributed by atoms with Crippen LogP contribution in [-0.2, 0) is 0 Å². The number of carbonyl (C=O) groups excluding carboxylic acids is 2.